The van der Waals surface area contributed by atoms with Gasteiger partial charge in [-0.15, -0.1) is 0 Å². The predicted octanol–water partition coefficient (Wildman–Crippen LogP) is 2.72. The Morgan fingerprint density at radius 1 is 1.33 bits per heavy atom. The minimum atomic E-state index is -0.0963. The van der Waals surface area contributed by atoms with E-state index in [9.17, 15) is 4.79 Å². The van der Waals surface area contributed by atoms with Gasteiger partial charge in [0, 0.05) is 37.6 Å². The van der Waals surface area contributed by atoms with Crippen LogP contribution < -0.4 is 5.32 Å². The van der Waals surface area contributed by atoms with E-state index in [0.717, 1.165) is 37.5 Å². The Bertz CT molecular complexity index is 692. The third-order valence-corrected chi connectivity index (χ3v) is 5.00. The standard InChI is InChI=1S/C18H23ClN4O/c1-22-11-8-20-17(22)18(24)21-12-14-6-9-23(10-7-14)13-15-4-2-3-5-16(15)19/h2-5,8,11,14H,6-7,9-10,12-13H2,1H3,(H,21,24). The fraction of sp³-hybridized carbons (Fsp3) is 0.444. The molecule has 0 spiro atoms. The lowest BCUT2D eigenvalue weighted by Gasteiger charge is -2.32. The fourth-order valence-electron chi connectivity index (χ4n) is 3.12. The summed E-state index contributed by atoms with van der Waals surface area (Å²) < 4.78 is 1.74. The highest BCUT2D eigenvalue weighted by Crippen LogP contribution is 2.22. The number of aromatic nitrogens is 2. The van der Waals surface area contributed by atoms with Crippen molar-refractivity contribution in [1.29, 1.82) is 0 Å². The van der Waals surface area contributed by atoms with Crippen molar-refractivity contribution < 1.29 is 4.79 Å². The lowest BCUT2D eigenvalue weighted by molar-refractivity contribution is 0.0922. The van der Waals surface area contributed by atoms with Crippen molar-refractivity contribution in [3.8, 4) is 0 Å². The third kappa shape index (κ3) is 4.16. The summed E-state index contributed by atoms with van der Waals surface area (Å²) in [5.74, 6) is 0.892. The summed E-state index contributed by atoms with van der Waals surface area (Å²) in [4.78, 5) is 18.6. The second-order valence-electron chi connectivity index (χ2n) is 6.38. The van der Waals surface area contributed by atoms with Gasteiger partial charge in [0.25, 0.3) is 5.91 Å². The Morgan fingerprint density at radius 2 is 2.08 bits per heavy atom. The smallest absolute Gasteiger partial charge is 0.287 e. The highest BCUT2D eigenvalue weighted by molar-refractivity contribution is 6.31. The molecule has 1 aromatic heterocycles. The van der Waals surface area contributed by atoms with Gasteiger partial charge in [0.1, 0.15) is 0 Å². The van der Waals surface area contributed by atoms with Crippen LogP contribution >= 0.6 is 11.6 Å². The van der Waals surface area contributed by atoms with Crippen molar-refractivity contribution in [2.45, 2.75) is 19.4 Å². The van der Waals surface area contributed by atoms with Gasteiger partial charge in [0.05, 0.1) is 0 Å². The molecule has 6 heteroatoms. The molecular formula is C18H23ClN4O. The average molecular weight is 347 g/mol. The number of benzene rings is 1. The molecule has 0 radical (unpaired) electrons. The maximum absolute atomic E-state index is 12.1. The van der Waals surface area contributed by atoms with Crippen molar-refractivity contribution in [3.05, 3.63) is 53.1 Å². The molecule has 2 heterocycles. The van der Waals surface area contributed by atoms with E-state index in [0.29, 0.717) is 18.3 Å². The third-order valence-electron chi connectivity index (χ3n) is 4.63. The fourth-order valence-corrected chi connectivity index (χ4v) is 3.31. The molecule has 3 rings (SSSR count). The molecule has 0 saturated carbocycles. The molecule has 24 heavy (non-hydrogen) atoms. The molecule has 1 amide bonds. The van der Waals surface area contributed by atoms with Crippen molar-refractivity contribution in [3.63, 3.8) is 0 Å². The monoisotopic (exact) mass is 346 g/mol. The Labute approximate surface area is 147 Å². The number of carbonyl (C=O) groups is 1. The SMILES string of the molecule is Cn1ccnc1C(=O)NCC1CCN(Cc2ccccc2Cl)CC1. The zero-order valence-electron chi connectivity index (χ0n) is 13.9. The van der Waals surface area contributed by atoms with Crippen LogP contribution in [0.4, 0.5) is 0 Å². The highest BCUT2D eigenvalue weighted by Gasteiger charge is 2.21. The molecule has 0 unspecified atom stereocenters. The maximum Gasteiger partial charge on any atom is 0.287 e. The summed E-state index contributed by atoms with van der Waals surface area (Å²) in [6, 6.07) is 8.02. The van der Waals surface area contributed by atoms with Crippen LogP contribution in [0.25, 0.3) is 0 Å². The van der Waals surface area contributed by atoms with Crippen LogP contribution in [0, 0.1) is 5.92 Å². The first-order valence-electron chi connectivity index (χ1n) is 8.35. The average Bonchev–Trinajstić information content (AvgIpc) is 3.02. The van der Waals surface area contributed by atoms with Crippen LogP contribution in [0.5, 0.6) is 0 Å². The zero-order chi connectivity index (χ0) is 16.9. The van der Waals surface area contributed by atoms with Gasteiger partial charge in [-0.25, -0.2) is 4.98 Å². The van der Waals surface area contributed by atoms with Gasteiger partial charge >= 0.3 is 0 Å². The highest BCUT2D eigenvalue weighted by atomic mass is 35.5. The molecule has 5 nitrogen and oxygen atoms in total. The Hall–Kier alpha value is -1.85. The number of aryl methyl sites for hydroxylation is 1. The van der Waals surface area contributed by atoms with Gasteiger partial charge in [0.15, 0.2) is 5.82 Å². The number of rotatable bonds is 5. The number of imidazole rings is 1. The number of hydrogen-bond donors (Lipinski definition) is 1. The molecule has 1 aliphatic rings. The normalized spacial score (nSPS) is 16.2. The van der Waals surface area contributed by atoms with Gasteiger partial charge < -0.3 is 9.88 Å². The van der Waals surface area contributed by atoms with E-state index in [4.69, 9.17) is 11.6 Å². The second-order valence-corrected chi connectivity index (χ2v) is 6.79. The molecule has 1 N–H and O–H groups in total. The zero-order valence-corrected chi connectivity index (χ0v) is 14.7. The van der Waals surface area contributed by atoms with Crippen molar-refractivity contribution in [2.75, 3.05) is 19.6 Å². The number of nitrogens with one attached hydrogen (secondary N) is 1. The minimum Gasteiger partial charge on any atom is -0.349 e. The Kier molecular flexibility index (Phi) is 5.53. The summed E-state index contributed by atoms with van der Waals surface area (Å²) in [7, 11) is 1.83. The molecule has 2 aromatic rings. The van der Waals surface area contributed by atoms with Crippen LogP contribution in [0.2, 0.25) is 5.02 Å². The maximum atomic E-state index is 12.1. The summed E-state index contributed by atoms with van der Waals surface area (Å²) >= 11 is 6.24. The summed E-state index contributed by atoms with van der Waals surface area (Å²) in [5.41, 5.74) is 1.18. The number of halogens is 1. The first kappa shape index (κ1) is 17.0. The van der Waals surface area contributed by atoms with Gasteiger partial charge in [-0.3, -0.25) is 9.69 Å². The topological polar surface area (TPSA) is 50.2 Å². The Morgan fingerprint density at radius 3 is 2.75 bits per heavy atom. The van der Waals surface area contributed by atoms with Crippen molar-refractivity contribution >= 4 is 17.5 Å². The number of nitrogens with zero attached hydrogens (tertiary/aromatic N) is 3. The molecule has 1 aromatic carbocycles. The predicted molar refractivity (Wildman–Crippen MR) is 95.0 cm³/mol. The summed E-state index contributed by atoms with van der Waals surface area (Å²) in [6.07, 6.45) is 5.60. The van der Waals surface area contributed by atoms with E-state index in [-0.39, 0.29) is 5.91 Å². The van der Waals surface area contributed by atoms with Crippen molar-refractivity contribution in [2.24, 2.45) is 13.0 Å². The Balaban J connectivity index is 1.43. The van der Waals surface area contributed by atoms with Gasteiger partial charge in [-0.1, -0.05) is 29.8 Å². The van der Waals surface area contributed by atoms with E-state index < -0.39 is 0 Å². The minimum absolute atomic E-state index is 0.0963. The van der Waals surface area contributed by atoms with Crippen LogP contribution in [-0.2, 0) is 13.6 Å². The molecule has 0 aliphatic carbocycles. The van der Waals surface area contributed by atoms with E-state index in [1.807, 2.05) is 25.2 Å². The number of carbonyl (C=O) groups excluding carboxylic acids is 1. The lowest BCUT2D eigenvalue weighted by atomic mass is 9.96. The van der Waals surface area contributed by atoms with Crippen molar-refractivity contribution in [1.82, 2.24) is 19.8 Å². The summed E-state index contributed by atoms with van der Waals surface area (Å²) in [5, 5.41) is 3.84. The largest absolute Gasteiger partial charge is 0.349 e. The van der Waals surface area contributed by atoms with Crippen LogP contribution in [-0.4, -0.2) is 40.0 Å². The first-order chi connectivity index (χ1) is 11.6. The number of amides is 1. The quantitative estimate of drug-likeness (QED) is 0.905. The number of hydrogen-bond acceptors (Lipinski definition) is 3. The molecule has 1 saturated heterocycles. The molecule has 1 fully saturated rings. The molecule has 1 aliphatic heterocycles. The second kappa shape index (κ2) is 7.81. The van der Waals surface area contributed by atoms with Crippen LogP contribution in [0.1, 0.15) is 29.0 Å². The van der Waals surface area contributed by atoms with Crippen LogP contribution in [0.15, 0.2) is 36.7 Å². The number of likely N-dealkylation sites (tertiary alicyclic amines) is 1. The first-order valence-corrected chi connectivity index (χ1v) is 8.72. The number of piperidine rings is 1. The van der Waals surface area contributed by atoms with E-state index in [2.05, 4.69) is 21.3 Å². The lowest BCUT2D eigenvalue weighted by Crippen LogP contribution is -2.38. The molecule has 0 atom stereocenters. The summed E-state index contributed by atoms with van der Waals surface area (Å²) in [6.45, 7) is 3.68. The van der Waals surface area contributed by atoms with E-state index in [1.165, 1.54) is 5.56 Å². The van der Waals surface area contributed by atoms with E-state index in [1.54, 1.807) is 17.0 Å². The van der Waals surface area contributed by atoms with Gasteiger partial charge in [-0.05, 0) is 43.5 Å². The molecule has 128 valence electrons. The van der Waals surface area contributed by atoms with Crippen LogP contribution in [0.3, 0.4) is 0 Å². The van der Waals surface area contributed by atoms with E-state index >= 15 is 0 Å². The molecule has 0 bridgehead atoms. The van der Waals surface area contributed by atoms with Gasteiger partial charge in [-0.2, -0.15) is 0 Å². The van der Waals surface area contributed by atoms with Gasteiger partial charge in [0.2, 0.25) is 0 Å². The molecular weight excluding hydrogens is 324 g/mol.